The van der Waals surface area contributed by atoms with Crippen molar-refractivity contribution < 1.29 is 0 Å². The Morgan fingerprint density at radius 1 is 0.941 bits per heavy atom. The van der Waals surface area contributed by atoms with Gasteiger partial charge in [-0.05, 0) is 0 Å². The summed E-state index contributed by atoms with van der Waals surface area (Å²) in [6.07, 6.45) is 1.47. The Morgan fingerprint density at radius 2 is 1.65 bits per heavy atom. The van der Waals surface area contributed by atoms with Crippen molar-refractivity contribution in [3.05, 3.63) is 30.6 Å². The van der Waals surface area contributed by atoms with Crippen LogP contribution in [0.3, 0.4) is 0 Å². The maximum atomic E-state index is 5.45. The molecular formula is C10H9N7. The van der Waals surface area contributed by atoms with Gasteiger partial charge >= 0.3 is 0 Å². The molecule has 0 unspecified atom stereocenters. The molecule has 0 aliphatic heterocycles. The molecule has 0 amide bonds. The maximum Gasteiger partial charge on any atom is 0.239 e. The molecule has 0 saturated heterocycles. The van der Waals surface area contributed by atoms with Crippen LogP contribution in [0, 0.1) is 0 Å². The Kier molecular flexibility index (Phi) is 2.08. The second kappa shape index (κ2) is 3.71. The highest BCUT2D eigenvalue weighted by Crippen LogP contribution is 2.20. The highest BCUT2D eigenvalue weighted by atomic mass is 15.3. The van der Waals surface area contributed by atoms with E-state index in [0.29, 0.717) is 5.82 Å². The van der Waals surface area contributed by atoms with Gasteiger partial charge in [0.15, 0.2) is 11.6 Å². The molecule has 17 heavy (non-hydrogen) atoms. The van der Waals surface area contributed by atoms with Crippen LogP contribution in [0.1, 0.15) is 0 Å². The van der Waals surface area contributed by atoms with Gasteiger partial charge in [-0.15, -0.1) is 5.10 Å². The van der Waals surface area contributed by atoms with Crippen LogP contribution < -0.4 is 5.73 Å². The minimum absolute atomic E-state index is 0.235. The number of benzene rings is 1. The second-order valence-electron chi connectivity index (χ2n) is 3.45. The molecule has 2 heterocycles. The summed E-state index contributed by atoms with van der Waals surface area (Å²) in [5, 5.41) is 13.1. The number of aromatic nitrogens is 6. The summed E-state index contributed by atoms with van der Waals surface area (Å²) in [5.74, 6) is 1.61. The molecule has 0 aliphatic carbocycles. The van der Waals surface area contributed by atoms with Crippen molar-refractivity contribution in [1.82, 2.24) is 30.4 Å². The van der Waals surface area contributed by atoms with E-state index in [1.165, 1.54) is 6.33 Å². The lowest BCUT2D eigenvalue weighted by atomic mass is 10.1. The van der Waals surface area contributed by atoms with Gasteiger partial charge in [0.2, 0.25) is 5.95 Å². The summed E-state index contributed by atoms with van der Waals surface area (Å²) >= 11 is 0. The predicted octanol–water partition coefficient (Wildman–Crippen LogP) is 0.839. The molecule has 84 valence electrons. The Morgan fingerprint density at radius 3 is 2.18 bits per heavy atom. The summed E-state index contributed by atoms with van der Waals surface area (Å²) in [6, 6.07) is 7.68. The Labute approximate surface area is 96.1 Å². The fourth-order valence-corrected chi connectivity index (χ4v) is 1.53. The largest absolute Gasteiger partial charge is 0.366 e. The van der Waals surface area contributed by atoms with Gasteiger partial charge in [0.1, 0.15) is 6.33 Å². The van der Waals surface area contributed by atoms with Crippen LogP contribution in [-0.2, 0) is 0 Å². The first kappa shape index (κ1) is 9.52. The first-order valence-corrected chi connectivity index (χ1v) is 4.97. The zero-order chi connectivity index (χ0) is 11.7. The van der Waals surface area contributed by atoms with Gasteiger partial charge in [0.05, 0.1) is 0 Å². The number of anilines is 1. The molecule has 2 aromatic heterocycles. The van der Waals surface area contributed by atoms with Gasteiger partial charge in [0.25, 0.3) is 0 Å². The fourth-order valence-electron chi connectivity index (χ4n) is 1.53. The van der Waals surface area contributed by atoms with E-state index in [0.717, 1.165) is 17.0 Å². The number of H-pyrrole nitrogens is 2. The molecule has 0 atom stereocenters. The van der Waals surface area contributed by atoms with Gasteiger partial charge in [-0.25, -0.2) is 4.98 Å². The molecule has 3 rings (SSSR count). The van der Waals surface area contributed by atoms with Crippen molar-refractivity contribution >= 4 is 5.95 Å². The number of nitrogens with zero attached hydrogens (tertiary/aromatic N) is 4. The zero-order valence-electron chi connectivity index (χ0n) is 8.75. The van der Waals surface area contributed by atoms with Gasteiger partial charge in [0, 0.05) is 11.1 Å². The summed E-state index contributed by atoms with van der Waals surface area (Å²) in [6.45, 7) is 0. The van der Waals surface area contributed by atoms with Crippen molar-refractivity contribution in [1.29, 1.82) is 0 Å². The number of nitrogens with one attached hydrogen (secondary N) is 2. The lowest BCUT2D eigenvalue weighted by Gasteiger charge is -1.98. The molecule has 4 N–H and O–H groups in total. The predicted molar refractivity (Wildman–Crippen MR) is 61.6 cm³/mol. The highest BCUT2D eigenvalue weighted by molar-refractivity contribution is 5.63. The van der Waals surface area contributed by atoms with Gasteiger partial charge in [-0.1, -0.05) is 24.3 Å². The third kappa shape index (κ3) is 1.73. The SMILES string of the molecule is Nc1n[nH]c(-c2ccc(-c3ncn[nH]3)cc2)n1. The number of nitrogen functional groups attached to an aromatic ring is 1. The summed E-state index contributed by atoms with van der Waals surface area (Å²) in [5.41, 5.74) is 7.32. The monoisotopic (exact) mass is 227 g/mol. The highest BCUT2D eigenvalue weighted by Gasteiger charge is 2.04. The van der Waals surface area contributed by atoms with Crippen molar-refractivity contribution in [2.75, 3.05) is 5.73 Å². The minimum Gasteiger partial charge on any atom is -0.366 e. The Balaban J connectivity index is 1.95. The van der Waals surface area contributed by atoms with Gasteiger partial charge < -0.3 is 5.73 Å². The molecule has 3 aromatic rings. The van der Waals surface area contributed by atoms with E-state index in [-0.39, 0.29) is 5.95 Å². The standard InChI is InChI=1S/C10H9N7/c11-10-14-9(16-17-10)7-3-1-6(2-4-7)8-12-5-13-15-8/h1-5H,(H,12,13,15)(H3,11,14,16,17). The first-order valence-electron chi connectivity index (χ1n) is 4.97. The lowest BCUT2D eigenvalue weighted by Crippen LogP contribution is -1.86. The van der Waals surface area contributed by atoms with Crippen molar-refractivity contribution in [3.8, 4) is 22.8 Å². The first-order chi connectivity index (χ1) is 8.33. The topological polar surface area (TPSA) is 109 Å². The third-order valence-corrected chi connectivity index (χ3v) is 2.35. The molecule has 0 fully saturated rings. The number of hydrogen-bond donors (Lipinski definition) is 3. The summed E-state index contributed by atoms with van der Waals surface area (Å²) in [4.78, 5) is 8.12. The molecule has 7 nitrogen and oxygen atoms in total. The average Bonchev–Trinajstić information content (AvgIpc) is 3.00. The van der Waals surface area contributed by atoms with Crippen molar-refractivity contribution in [2.45, 2.75) is 0 Å². The van der Waals surface area contributed by atoms with Crippen LogP contribution in [-0.4, -0.2) is 30.4 Å². The average molecular weight is 227 g/mol. The molecule has 0 radical (unpaired) electrons. The Hall–Kier alpha value is -2.70. The van der Waals surface area contributed by atoms with Crippen LogP contribution in [0.4, 0.5) is 5.95 Å². The normalized spacial score (nSPS) is 10.6. The molecule has 1 aromatic carbocycles. The van der Waals surface area contributed by atoms with Crippen molar-refractivity contribution in [2.24, 2.45) is 0 Å². The van der Waals surface area contributed by atoms with Crippen molar-refractivity contribution in [3.63, 3.8) is 0 Å². The number of hydrogen-bond acceptors (Lipinski definition) is 5. The number of nitrogens with two attached hydrogens (primary N) is 1. The van der Waals surface area contributed by atoms with Gasteiger partial charge in [-0.2, -0.15) is 10.1 Å². The van der Waals surface area contributed by atoms with Crippen LogP contribution in [0.25, 0.3) is 22.8 Å². The van der Waals surface area contributed by atoms with E-state index in [1.54, 1.807) is 0 Å². The summed E-state index contributed by atoms with van der Waals surface area (Å²) in [7, 11) is 0. The van der Waals surface area contributed by atoms with Crippen LogP contribution in [0.15, 0.2) is 30.6 Å². The molecule has 0 saturated carbocycles. The number of aromatic amines is 2. The molecule has 0 spiro atoms. The van der Waals surface area contributed by atoms with E-state index in [9.17, 15) is 0 Å². The Bertz CT molecular complexity index is 608. The third-order valence-electron chi connectivity index (χ3n) is 2.35. The quantitative estimate of drug-likeness (QED) is 0.601. The summed E-state index contributed by atoms with van der Waals surface area (Å²) < 4.78 is 0. The van der Waals surface area contributed by atoms with E-state index in [2.05, 4.69) is 30.4 Å². The van der Waals surface area contributed by atoms with Crippen LogP contribution in [0.5, 0.6) is 0 Å². The number of rotatable bonds is 2. The van der Waals surface area contributed by atoms with E-state index in [1.807, 2.05) is 24.3 Å². The van der Waals surface area contributed by atoms with E-state index >= 15 is 0 Å². The van der Waals surface area contributed by atoms with Gasteiger partial charge in [-0.3, -0.25) is 10.2 Å². The maximum absolute atomic E-state index is 5.45. The molecule has 0 aliphatic rings. The van der Waals surface area contributed by atoms with Crippen LogP contribution in [0.2, 0.25) is 0 Å². The molecular weight excluding hydrogens is 218 g/mol. The fraction of sp³-hybridized carbons (Fsp3) is 0. The van der Waals surface area contributed by atoms with E-state index in [4.69, 9.17) is 5.73 Å². The molecule has 0 bridgehead atoms. The zero-order valence-corrected chi connectivity index (χ0v) is 8.75. The second-order valence-corrected chi connectivity index (χ2v) is 3.45. The minimum atomic E-state index is 0.235. The van der Waals surface area contributed by atoms with E-state index < -0.39 is 0 Å². The smallest absolute Gasteiger partial charge is 0.239 e. The van der Waals surface area contributed by atoms with Crippen LogP contribution >= 0.6 is 0 Å². The lowest BCUT2D eigenvalue weighted by molar-refractivity contribution is 1.09. The molecule has 7 heteroatoms.